The van der Waals surface area contributed by atoms with E-state index in [4.69, 9.17) is 11.6 Å². The summed E-state index contributed by atoms with van der Waals surface area (Å²) in [4.78, 5) is 36.7. The molecule has 0 aromatic heterocycles. The van der Waals surface area contributed by atoms with Gasteiger partial charge in [0.15, 0.2) is 0 Å². The molecule has 2 atom stereocenters. The van der Waals surface area contributed by atoms with Crippen LogP contribution in [0.4, 0.5) is 5.69 Å². The summed E-state index contributed by atoms with van der Waals surface area (Å²) in [7, 11) is 0. The minimum Gasteiger partial charge on any atom is -0.324 e. The molecule has 5 nitrogen and oxygen atoms in total. The quantitative estimate of drug-likeness (QED) is 0.868. The minimum atomic E-state index is -0.823. The first-order valence-corrected chi connectivity index (χ1v) is 6.70. The number of nitrogens with one attached hydrogen (secondary N) is 1. The van der Waals surface area contributed by atoms with E-state index in [1.807, 2.05) is 0 Å². The maximum Gasteiger partial charge on any atom is 0.247 e. The van der Waals surface area contributed by atoms with Crippen molar-refractivity contribution in [1.82, 2.24) is 4.90 Å². The number of rotatable bonds is 3. The first-order valence-electron chi connectivity index (χ1n) is 6.32. The number of likely N-dealkylation sites (tertiary alicyclic amines) is 1. The number of carbonyl (C=O) groups is 3. The van der Waals surface area contributed by atoms with Crippen molar-refractivity contribution in [2.45, 2.75) is 26.3 Å². The van der Waals surface area contributed by atoms with E-state index in [0.29, 0.717) is 10.7 Å². The molecule has 0 aliphatic carbocycles. The van der Waals surface area contributed by atoms with Gasteiger partial charge in [-0.1, -0.05) is 18.5 Å². The average molecular weight is 295 g/mol. The van der Waals surface area contributed by atoms with E-state index in [1.54, 1.807) is 38.1 Å². The van der Waals surface area contributed by atoms with Gasteiger partial charge in [0.05, 0.1) is 0 Å². The largest absolute Gasteiger partial charge is 0.324 e. The van der Waals surface area contributed by atoms with Gasteiger partial charge in [0.25, 0.3) is 0 Å². The van der Waals surface area contributed by atoms with Crippen LogP contribution >= 0.6 is 11.6 Å². The molecule has 3 amide bonds. The van der Waals surface area contributed by atoms with Crippen LogP contribution in [0.2, 0.25) is 5.02 Å². The van der Waals surface area contributed by atoms with Gasteiger partial charge in [0, 0.05) is 23.0 Å². The molecular formula is C14H15ClN2O3. The summed E-state index contributed by atoms with van der Waals surface area (Å²) in [6.45, 7) is 3.23. The summed E-state index contributed by atoms with van der Waals surface area (Å²) in [5.41, 5.74) is 0.568. The van der Waals surface area contributed by atoms with Gasteiger partial charge in [0.1, 0.15) is 6.04 Å². The number of imide groups is 1. The lowest BCUT2D eigenvalue weighted by Crippen LogP contribution is -2.45. The fourth-order valence-corrected chi connectivity index (χ4v) is 2.24. The predicted molar refractivity (Wildman–Crippen MR) is 75.2 cm³/mol. The van der Waals surface area contributed by atoms with Crippen molar-refractivity contribution < 1.29 is 14.4 Å². The van der Waals surface area contributed by atoms with Crippen LogP contribution in [0.5, 0.6) is 0 Å². The Balaban J connectivity index is 2.07. The van der Waals surface area contributed by atoms with Crippen LogP contribution < -0.4 is 5.32 Å². The Morgan fingerprint density at radius 3 is 2.45 bits per heavy atom. The topological polar surface area (TPSA) is 66.5 Å². The second kappa shape index (κ2) is 5.63. The highest BCUT2D eigenvalue weighted by Crippen LogP contribution is 2.22. The summed E-state index contributed by atoms with van der Waals surface area (Å²) in [6, 6.07) is 5.79. The van der Waals surface area contributed by atoms with E-state index in [0.717, 1.165) is 4.90 Å². The van der Waals surface area contributed by atoms with Crippen LogP contribution in [0, 0.1) is 5.92 Å². The molecule has 1 aromatic rings. The van der Waals surface area contributed by atoms with Crippen LogP contribution in [0.15, 0.2) is 24.3 Å². The van der Waals surface area contributed by atoms with Crippen LogP contribution in [0.25, 0.3) is 0 Å². The van der Waals surface area contributed by atoms with Crippen molar-refractivity contribution in [3.8, 4) is 0 Å². The van der Waals surface area contributed by atoms with Crippen molar-refractivity contribution in [3.05, 3.63) is 29.3 Å². The summed E-state index contributed by atoms with van der Waals surface area (Å²) in [6.07, 6.45) is 0.164. The zero-order valence-electron chi connectivity index (χ0n) is 11.2. The Hall–Kier alpha value is -1.88. The van der Waals surface area contributed by atoms with Crippen molar-refractivity contribution in [3.63, 3.8) is 0 Å². The normalized spacial score (nSPS) is 20.1. The number of halogens is 1. The molecule has 1 fully saturated rings. The highest BCUT2D eigenvalue weighted by molar-refractivity contribution is 6.30. The number of hydrogen-bond acceptors (Lipinski definition) is 3. The number of anilines is 1. The second-order valence-electron chi connectivity index (χ2n) is 4.88. The molecule has 1 heterocycles. The molecule has 1 N–H and O–H groups in total. The third-order valence-corrected chi connectivity index (χ3v) is 3.54. The Morgan fingerprint density at radius 1 is 1.35 bits per heavy atom. The molecule has 0 spiro atoms. The van der Waals surface area contributed by atoms with Gasteiger partial charge < -0.3 is 5.32 Å². The van der Waals surface area contributed by atoms with Crippen molar-refractivity contribution >= 4 is 35.0 Å². The zero-order chi connectivity index (χ0) is 14.9. The van der Waals surface area contributed by atoms with Gasteiger partial charge in [-0.2, -0.15) is 0 Å². The van der Waals surface area contributed by atoms with E-state index in [1.165, 1.54) is 0 Å². The highest BCUT2D eigenvalue weighted by Gasteiger charge is 2.40. The summed E-state index contributed by atoms with van der Waals surface area (Å²) in [5.74, 6) is -1.36. The molecule has 106 valence electrons. The maximum atomic E-state index is 12.1. The van der Waals surface area contributed by atoms with E-state index in [9.17, 15) is 14.4 Å². The minimum absolute atomic E-state index is 0.164. The van der Waals surface area contributed by atoms with Gasteiger partial charge in [-0.3, -0.25) is 19.3 Å². The summed E-state index contributed by atoms with van der Waals surface area (Å²) in [5, 5.41) is 3.22. The fraction of sp³-hybridized carbons (Fsp3) is 0.357. The van der Waals surface area contributed by atoms with Gasteiger partial charge in [0.2, 0.25) is 17.7 Å². The van der Waals surface area contributed by atoms with Gasteiger partial charge in [-0.15, -0.1) is 0 Å². The second-order valence-corrected chi connectivity index (χ2v) is 5.32. The first kappa shape index (κ1) is 14.5. The monoisotopic (exact) mass is 294 g/mol. The Morgan fingerprint density at radius 2 is 1.95 bits per heavy atom. The third kappa shape index (κ3) is 2.82. The molecule has 20 heavy (non-hydrogen) atoms. The molecule has 0 bridgehead atoms. The first-order chi connectivity index (χ1) is 9.40. The van der Waals surface area contributed by atoms with Crippen LogP contribution in [0.3, 0.4) is 0 Å². The van der Waals surface area contributed by atoms with Crippen molar-refractivity contribution in [1.29, 1.82) is 0 Å². The number of hydrogen-bond donors (Lipinski definition) is 1. The standard InChI is InChI=1S/C14H15ClN2O3/c1-8-7-12(18)17(14(8)20)9(2)13(19)16-11-5-3-10(15)4-6-11/h3-6,8-9H,7H2,1-2H3,(H,16,19). The van der Waals surface area contributed by atoms with E-state index >= 15 is 0 Å². The molecular weight excluding hydrogens is 280 g/mol. The van der Waals surface area contributed by atoms with Gasteiger partial charge in [-0.25, -0.2) is 0 Å². The molecule has 1 saturated heterocycles. The number of carbonyl (C=O) groups excluding carboxylic acids is 3. The molecule has 0 radical (unpaired) electrons. The maximum absolute atomic E-state index is 12.1. The van der Waals surface area contributed by atoms with Gasteiger partial charge in [-0.05, 0) is 31.2 Å². The Labute approximate surface area is 121 Å². The predicted octanol–water partition coefficient (Wildman–Crippen LogP) is 2.06. The van der Waals surface area contributed by atoms with E-state index < -0.39 is 11.9 Å². The molecule has 1 aromatic carbocycles. The highest BCUT2D eigenvalue weighted by atomic mass is 35.5. The third-order valence-electron chi connectivity index (χ3n) is 3.29. The molecule has 0 saturated carbocycles. The van der Waals surface area contributed by atoms with Crippen molar-refractivity contribution in [2.24, 2.45) is 5.92 Å². The lowest BCUT2D eigenvalue weighted by atomic mass is 10.1. The van der Waals surface area contributed by atoms with Gasteiger partial charge >= 0.3 is 0 Å². The van der Waals surface area contributed by atoms with Crippen LogP contribution in [-0.2, 0) is 14.4 Å². The molecule has 2 rings (SSSR count). The zero-order valence-corrected chi connectivity index (χ0v) is 12.0. The van der Waals surface area contributed by atoms with Crippen molar-refractivity contribution in [2.75, 3.05) is 5.32 Å². The number of benzene rings is 1. The van der Waals surface area contributed by atoms with E-state index in [-0.39, 0.29) is 24.2 Å². The van der Waals surface area contributed by atoms with Crippen LogP contribution in [0.1, 0.15) is 20.3 Å². The molecule has 6 heteroatoms. The fourth-order valence-electron chi connectivity index (χ4n) is 2.11. The average Bonchev–Trinajstić information content (AvgIpc) is 2.65. The molecule has 1 aliphatic heterocycles. The number of amides is 3. The molecule has 1 aliphatic rings. The number of nitrogens with zero attached hydrogens (tertiary/aromatic N) is 1. The lowest BCUT2D eigenvalue weighted by Gasteiger charge is -2.22. The summed E-state index contributed by atoms with van der Waals surface area (Å²) < 4.78 is 0. The Kier molecular flexibility index (Phi) is 4.09. The van der Waals surface area contributed by atoms with E-state index in [2.05, 4.69) is 5.32 Å². The van der Waals surface area contributed by atoms with Crippen LogP contribution in [-0.4, -0.2) is 28.7 Å². The smallest absolute Gasteiger partial charge is 0.247 e. The lowest BCUT2D eigenvalue weighted by molar-refractivity contribution is -0.145. The Bertz CT molecular complexity index is 556. The summed E-state index contributed by atoms with van der Waals surface area (Å²) >= 11 is 5.76. The SMILES string of the molecule is CC1CC(=O)N(C(C)C(=O)Nc2ccc(Cl)cc2)C1=O. The molecule has 2 unspecified atom stereocenters.